The van der Waals surface area contributed by atoms with Gasteiger partial charge in [0.2, 0.25) is 0 Å². The standard InChI is InChI=1S/C24H32FN5O/c1-26-24(30-12-10-29(11-13-30)23-8-6-22(25)7-9-23)27-18-20-2-4-21(5-3-20)19-28-14-16-31-17-15-28/h2-9H,10-19H2,1H3,(H,26,27). The maximum atomic E-state index is 13.2. The Bertz CT molecular complexity index is 841. The lowest BCUT2D eigenvalue weighted by molar-refractivity contribution is 0.0342. The third-order valence-electron chi connectivity index (χ3n) is 5.97. The third kappa shape index (κ3) is 5.95. The number of rotatable bonds is 5. The van der Waals surface area contributed by atoms with Crippen molar-refractivity contribution in [1.29, 1.82) is 0 Å². The maximum absolute atomic E-state index is 13.2. The number of morpholine rings is 1. The number of nitrogens with zero attached hydrogens (tertiary/aromatic N) is 4. The number of hydrogen-bond donors (Lipinski definition) is 1. The summed E-state index contributed by atoms with van der Waals surface area (Å²) in [6.45, 7) is 8.97. The minimum Gasteiger partial charge on any atom is -0.379 e. The van der Waals surface area contributed by atoms with Crippen LogP contribution in [0.3, 0.4) is 0 Å². The van der Waals surface area contributed by atoms with Crippen molar-refractivity contribution in [2.75, 3.05) is 64.4 Å². The highest BCUT2D eigenvalue weighted by Crippen LogP contribution is 2.17. The second-order valence-corrected chi connectivity index (χ2v) is 8.06. The fourth-order valence-electron chi connectivity index (χ4n) is 4.12. The topological polar surface area (TPSA) is 43.3 Å². The van der Waals surface area contributed by atoms with Gasteiger partial charge in [-0.25, -0.2) is 4.39 Å². The van der Waals surface area contributed by atoms with Gasteiger partial charge in [-0.05, 0) is 35.4 Å². The summed E-state index contributed by atoms with van der Waals surface area (Å²) < 4.78 is 18.6. The molecule has 0 spiro atoms. The molecule has 2 aliphatic heterocycles. The van der Waals surface area contributed by atoms with Crippen LogP contribution in [0.5, 0.6) is 0 Å². The predicted octanol–water partition coefficient (Wildman–Crippen LogP) is 2.56. The van der Waals surface area contributed by atoms with Crippen molar-refractivity contribution in [3.63, 3.8) is 0 Å². The van der Waals surface area contributed by atoms with E-state index < -0.39 is 0 Å². The van der Waals surface area contributed by atoms with Crippen molar-refractivity contribution in [1.82, 2.24) is 15.1 Å². The average Bonchev–Trinajstić information content (AvgIpc) is 2.82. The summed E-state index contributed by atoms with van der Waals surface area (Å²) in [6, 6.07) is 15.6. The van der Waals surface area contributed by atoms with Crippen molar-refractivity contribution in [3.8, 4) is 0 Å². The molecule has 1 N–H and O–H groups in total. The summed E-state index contributed by atoms with van der Waals surface area (Å²) in [5.41, 5.74) is 3.66. The van der Waals surface area contributed by atoms with E-state index in [1.165, 1.54) is 23.3 Å². The normalized spacial score (nSPS) is 18.3. The van der Waals surface area contributed by atoms with Crippen LogP contribution in [-0.2, 0) is 17.8 Å². The molecule has 6 nitrogen and oxygen atoms in total. The Labute approximate surface area is 184 Å². The zero-order valence-electron chi connectivity index (χ0n) is 18.3. The van der Waals surface area contributed by atoms with Crippen LogP contribution in [0, 0.1) is 5.82 Å². The fourth-order valence-corrected chi connectivity index (χ4v) is 4.12. The van der Waals surface area contributed by atoms with Gasteiger partial charge in [-0.2, -0.15) is 0 Å². The summed E-state index contributed by atoms with van der Waals surface area (Å²) >= 11 is 0. The molecule has 4 rings (SSSR count). The Morgan fingerprint density at radius 2 is 1.55 bits per heavy atom. The van der Waals surface area contributed by atoms with E-state index in [0.717, 1.165) is 77.2 Å². The molecular formula is C24H32FN5O. The molecule has 0 bridgehead atoms. The molecule has 0 saturated carbocycles. The molecule has 166 valence electrons. The smallest absolute Gasteiger partial charge is 0.194 e. The van der Waals surface area contributed by atoms with Crippen LogP contribution in [0.4, 0.5) is 10.1 Å². The van der Waals surface area contributed by atoms with E-state index in [4.69, 9.17) is 4.74 Å². The van der Waals surface area contributed by atoms with E-state index in [1.54, 1.807) is 0 Å². The quantitative estimate of drug-likeness (QED) is 0.589. The first-order valence-electron chi connectivity index (χ1n) is 11.1. The Balaban J connectivity index is 1.24. The monoisotopic (exact) mass is 425 g/mol. The number of guanidine groups is 1. The number of ether oxygens (including phenoxy) is 1. The van der Waals surface area contributed by atoms with Gasteiger partial charge in [0.15, 0.2) is 5.96 Å². The number of nitrogens with one attached hydrogen (secondary N) is 1. The summed E-state index contributed by atoms with van der Waals surface area (Å²) in [5.74, 6) is 0.734. The van der Waals surface area contributed by atoms with Gasteiger partial charge in [0.05, 0.1) is 13.2 Å². The summed E-state index contributed by atoms with van der Waals surface area (Å²) in [7, 11) is 1.83. The number of halogens is 1. The molecular weight excluding hydrogens is 393 g/mol. The van der Waals surface area contributed by atoms with E-state index in [0.29, 0.717) is 0 Å². The summed E-state index contributed by atoms with van der Waals surface area (Å²) in [5, 5.41) is 3.50. The van der Waals surface area contributed by atoms with E-state index in [-0.39, 0.29) is 5.82 Å². The molecule has 2 saturated heterocycles. The van der Waals surface area contributed by atoms with Crippen LogP contribution in [0.1, 0.15) is 11.1 Å². The molecule has 0 amide bonds. The van der Waals surface area contributed by atoms with Crippen LogP contribution in [0.25, 0.3) is 0 Å². The van der Waals surface area contributed by atoms with Crippen molar-refractivity contribution in [2.45, 2.75) is 13.1 Å². The minimum atomic E-state index is -0.193. The molecule has 0 atom stereocenters. The first-order chi connectivity index (χ1) is 15.2. The molecule has 0 radical (unpaired) electrons. The highest BCUT2D eigenvalue weighted by molar-refractivity contribution is 5.80. The average molecular weight is 426 g/mol. The Hall–Kier alpha value is -2.64. The van der Waals surface area contributed by atoms with Gasteiger partial charge in [-0.3, -0.25) is 9.89 Å². The summed E-state index contributed by atoms with van der Waals surface area (Å²) in [4.78, 5) is 11.5. The van der Waals surface area contributed by atoms with Crippen LogP contribution < -0.4 is 10.2 Å². The SMILES string of the molecule is CN=C(NCc1ccc(CN2CCOCC2)cc1)N1CCN(c2ccc(F)cc2)CC1. The first-order valence-corrected chi connectivity index (χ1v) is 11.1. The molecule has 2 aromatic rings. The molecule has 2 aromatic carbocycles. The van der Waals surface area contributed by atoms with Gasteiger partial charge >= 0.3 is 0 Å². The van der Waals surface area contributed by atoms with Crippen molar-refractivity contribution >= 4 is 11.6 Å². The molecule has 0 aromatic heterocycles. The van der Waals surface area contributed by atoms with Crippen molar-refractivity contribution < 1.29 is 9.13 Å². The maximum Gasteiger partial charge on any atom is 0.194 e. The molecule has 2 heterocycles. The van der Waals surface area contributed by atoms with E-state index in [1.807, 2.05) is 19.2 Å². The van der Waals surface area contributed by atoms with Crippen LogP contribution in [0.2, 0.25) is 0 Å². The molecule has 7 heteroatoms. The number of benzene rings is 2. The third-order valence-corrected chi connectivity index (χ3v) is 5.97. The highest BCUT2D eigenvalue weighted by atomic mass is 19.1. The predicted molar refractivity (Wildman–Crippen MR) is 123 cm³/mol. The Morgan fingerprint density at radius 1 is 0.903 bits per heavy atom. The zero-order valence-corrected chi connectivity index (χ0v) is 18.3. The lowest BCUT2D eigenvalue weighted by Gasteiger charge is -2.37. The fraction of sp³-hybridized carbons (Fsp3) is 0.458. The van der Waals surface area contributed by atoms with E-state index in [2.05, 4.69) is 49.3 Å². The van der Waals surface area contributed by atoms with E-state index >= 15 is 0 Å². The van der Waals surface area contributed by atoms with Crippen molar-refractivity contribution in [3.05, 3.63) is 65.5 Å². The molecule has 2 aliphatic rings. The van der Waals surface area contributed by atoms with Gasteiger partial charge in [-0.1, -0.05) is 24.3 Å². The first kappa shape index (κ1) is 21.6. The summed E-state index contributed by atoms with van der Waals surface area (Å²) in [6.07, 6.45) is 0. The second-order valence-electron chi connectivity index (χ2n) is 8.06. The molecule has 31 heavy (non-hydrogen) atoms. The van der Waals surface area contributed by atoms with Crippen LogP contribution >= 0.6 is 0 Å². The van der Waals surface area contributed by atoms with Crippen LogP contribution in [0.15, 0.2) is 53.5 Å². The molecule has 2 fully saturated rings. The van der Waals surface area contributed by atoms with Gasteiger partial charge in [0.25, 0.3) is 0 Å². The van der Waals surface area contributed by atoms with Gasteiger partial charge in [0, 0.05) is 65.1 Å². The highest BCUT2D eigenvalue weighted by Gasteiger charge is 2.20. The lowest BCUT2D eigenvalue weighted by atomic mass is 10.1. The Morgan fingerprint density at radius 3 is 2.19 bits per heavy atom. The van der Waals surface area contributed by atoms with Gasteiger partial charge in [-0.15, -0.1) is 0 Å². The molecule has 0 unspecified atom stereocenters. The minimum absolute atomic E-state index is 0.193. The number of hydrogen-bond acceptors (Lipinski definition) is 4. The lowest BCUT2D eigenvalue weighted by Crippen LogP contribution is -2.52. The number of aliphatic imine (C=N–C) groups is 1. The van der Waals surface area contributed by atoms with Gasteiger partial charge in [0.1, 0.15) is 5.82 Å². The number of anilines is 1. The zero-order chi connectivity index (χ0) is 21.5. The molecule has 0 aliphatic carbocycles. The van der Waals surface area contributed by atoms with Crippen molar-refractivity contribution in [2.24, 2.45) is 4.99 Å². The van der Waals surface area contributed by atoms with E-state index in [9.17, 15) is 4.39 Å². The van der Waals surface area contributed by atoms with Gasteiger partial charge < -0.3 is 19.9 Å². The van der Waals surface area contributed by atoms with Crippen LogP contribution in [-0.4, -0.2) is 75.3 Å². The largest absolute Gasteiger partial charge is 0.379 e. The Kier molecular flexibility index (Phi) is 7.38. The number of piperazine rings is 1. The second kappa shape index (κ2) is 10.6.